The summed E-state index contributed by atoms with van der Waals surface area (Å²) in [5.74, 6) is -1.69. The van der Waals surface area contributed by atoms with Gasteiger partial charge in [-0.15, -0.1) is 6.58 Å². The Morgan fingerprint density at radius 1 is 1.59 bits per heavy atom. The molecule has 2 aliphatic rings. The monoisotopic (exact) mass is 311 g/mol. The molecule has 0 aromatic carbocycles. The summed E-state index contributed by atoms with van der Waals surface area (Å²) < 4.78 is 10.7. The fraction of sp³-hybridized carbons (Fsp3) is 0.750. The van der Waals surface area contributed by atoms with E-state index in [1.165, 1.54) is 18.9 Å². The fourth-order valence-corrected chi connectivity index (χ4v) is 3.60. The van der Waals surface area contributed by atoms with Gasteiger partial charge in [0.1, 0.15) is 11.8 Å². The number of fused-ring (bicyclic) bond motifs is 1. The molecule has 6 heteroatoms. The lowest BCUT2D eigenvalue weighted by Crippen LogP contribution is -2.64. The van der Waals surface area contributed by atoms with Crippen molar-refractivity contribution in [3.8, 4) is 0 Å². The van der Waals surface area contributed by atoms with Crippen LogP contribution in [0.4, 0.5) is 0 Å². The topological polar surface area (TPSA) is 76.1 Å². The van der Waals surface area contributed by atoms with Crippen molar-refractivity contribution in [2.24, 2.45) is 11.3 Å². The van der Waals surface area contributed by atoms with E-state index in [1.54, 1.807) is 6.08 Å². The molecule has 2 fully saturated rings. The lowest BCUT2D eigenvalue weighted by atomic mass is 9.75. The van der Waals surface area contributed by atoms with Crippen molar-refractivity contribution in [3.63, 3.8) is 0 Å². The average Bonchev–Trinajstić information content (AvgIpc) is 2.90. The molecule has 2 aliphatic heterocycles. The van der Waals surface area contributed by atoms with E-state index in [2.05, 4.69) is 6.58 Å². The minimum atomic E-state index is -1.59. The Balaban J connectivity index is 2.61. The van der Waals surface area contributed by atoms with Crippen LogP contribution in [-0.4, -0.2) is 53.0 Å². The Morgan fingerprint density at radius 2 is 2.18 bits per heavy atom. The highest BCUT2D eigenvalue weighted by Crippen LogP contribution is 2.52. The number of hydrogen-bond donors (Lipinski definition) is 1. The Hall–Kier alpha value is -1.40. The molecule has 0 aromatic rings. The number of rotatable bonds is 3. The molecular weight excluding hydrogens is 286 g/mol. The quantitative estimate of drug-likeness (QED) is 0.623. The molecule has 0 saturated carbocycles. The van der Waals surface area contributed by atoms with E-state index in [0.29, 0.717) is 0 Å². The maximum absolute atomic E-state index is 12.9. The van der Waals surface area contributed by atoms with Crippen molar-refractivity contribution in [2.45, 2.75) is 51.5 Å². The largest absolute Gasteiger partial charge is 0.467 e. The second-order valence-corrected chi connectivity index (χ2v) is 7.31. The van der Waals surface area contributed by atoms with Crippen molar-refractivity contribution in [1.82, 2.24) is 4.90 Å². The predicted octanol–water partition coefficient (Wildman–Crippen LogP) is 1.09. The molecule has 0 bridgehead atoms. The van der Waals surface area contributed by atoms with Crippen molar-refractivity contribution in [2.75, 3.05) is 13.7 Å². The standard InChI is InChI=1S/C16H25NO5/c1-7-8-10-11(18)17-12(14(2,3)4)22-9-16(17,13(19)21-6)15(10,5)20/h7,10,12,20H,1,8-9H2,2-6H3/t10-,12+,15+,16+/m0/s1. The number of esters is 1. The smallest absolute Gasteiger partial charge is 0.337 e. The lowest BCUT2D eigenvalue weighted by Gasteiger charge is -2.40. The third-order valence-corrected chi connectivity index (χ3v) is 4.81. The zero-order chi connectivity index (χ0) is 16.9. The van der Waals surface area contributed by atoms with E-state index in [-0.39, 0.29) is 18.9 Å². The van der Waals surface area contributed by atoms with Crippen LogP contribution in [0.2, 0.25) is 0 Å². The maximum Gasteiger partial charge on any atom is 0.337 e. The predicted molar refractivity (Wildman–Crippen MR) is 79.7 cm³/mol. The summed E-state index contributed by atoms with van der Waals surface area (Å²) in [7, 11) is 1.25. The number of hydrogen-bond acceptors (Lipinski definition) is 5. The molecule has 2 heterocycles. The van der Waals surface area contributed by atoms with Gasteiger partial charge >= 0.3 is 5.97 Å². The van der Waals surface area contributed by atoms with Gasteiger partial charge in [0.15, 0.2) is 5.54 Å². The van der Waals surface area contributed by atoms with Crippen LogP contribution in [0.15, 0.2) is 12.7 Å². The number of nitrogens with zero attached hydrogens (tertiary/aromatic N) is 1. The van der Waals surface area contributed by atoms with Crippen molar-refractivity contribution < 1.29 is 24.2 Å². The molecule has 0 aromatic heterocycles. The summed E-state index contributed by atoms with van der Waals surface area (Å²) in [6, 6.07) is 0. The molecule has 2 rings (SSSR count). The summed E-state index contributed by atoms with van der Waals surface area (Å²) in [4.78, 5) is 26.8. The van der Waals surface area contributed by atoms with Gasteiger partial charge < -0.3 is 14.6 Å². The van der Waals surface area contributed by atoms with E-state index in [0.717, 1.165) is 0 Å². The summed E-state index contributed by atoms with van der Waals surface area (Å²) in [5.41, 5.74) is -3.50. The zero-order valence-electron chi connectivity index (χ0n) is 13.9. The first-order valence-corrected chi connectivity index (χ1v) is 7.42. The summed E-state index contributed by atoms with van der Waals surface area (Å²) in [6.45, 7) is 10.8. The van der Waals surface area contributed by atoms with Crippen molar-refractivity contribution in [1.29, 1.82) is 0 Å². The van der Waals surface area contributed by atoms with E-state index >= 15 is 0 Å². The molecular formula is C16H25NO5. The Bertz CT molecular complexity index is 507. The molecule has 22 heavy (non-hydrogen) atoms. The number of carbonyl (C=O) groups is 2. The molecule has 124 valence electrons. The minimum absolute atomic E-state index is 0.0754. The average molecular weight is 311 g/mol. The zero-order valence-corrected chi connectivity index (χ0v) is 13.9. The highest BCUT2D eigenvalue weighted by Gasteiger charge is 2.75. The number of amides is 1. The third-order valence-electron chi connectivity index (χ3n) is 4.81. The molecule has 4 atom stereocenters. The number of ether oxygens (including phenoxy) is 2. The first-order chi connectivity index (χ1) is 10.1. The molecule has 1 amide bonds. The van der Waals surface area contributed by atoms with Crippen LogP contribution in [0.5, 0.6) is 0 Å². The molecule has 0 unspecified atom stereocenters. The van der Waals surface area contributed by atoms with Gasteiger partial charge in [-0.25, -0.2) is 4.79 Å². The normalized spacial score (nSPS) is 38.1. The molecule has 6 nitrogen and oxygen atoms in total. The number of aliphatic hydroxyl groups is 1. The highest BCUT2D eigenvalue weighted by molar-refractivity contribution is 5.97. The molecule has 2 saturated heterocycles. The maximum atomic E-state index is 12.9. The Labute approximate surface area is 131 Å². The van der Waals surface area contributed by atoms with Gasteiger partial charge in [-0.2, -0.15) is 0 Å². The van der Waals surface area contributed by atoms with Crippen molar-refractivity contribution >= 4 is 11.9 Å². The van der Waals surface area contributed by atoms with Crippen LogP contribution < -0.4 is 0 Å². The molecule has 0 spiro atoms. The Morgan fingerprint density at radius 3 is 2.64 bits per heavy atom. The SMILES string of the molecule is C=CC[C@H]1C(=O)N2[C@@H](C(C)(C)C)OC[C@@]2(C(=O)OC)[C@]1(C)O. The third kappa shape index (κ3) is 1.93. The van der Waals surface area contributed by atoms with Gasteiger partial charge in [-0.3, -0.25) is 9.69 Å². The number of methoxy groups -OCH3 is 1. The molecule has 1 N–H and O–H groups in total. The van der Waals surface area contributed by atoms with Gasteiger partial charge in [0.25, 0.3) is 0 Å². The molecule has 0 radical (unpaired) electrons. The van der Waals surface area contributed by atoms with E-state index in [9.17, 15) is 14.7 Å². The number of carbonyl (C=O) groups excluding carboxylic acids is 2. The van der Waals surface area contributed by atoms with E-state index in [4.69, 9.17) is 9.47 Å². The van der Waals surface area contributed by atoms with Gasteiger partial charge in [0, 0.05) is 5.41 Å². The van der Waals surface area contributed by atoms with Gasteiger partial charge in [0.05, 0.1) is 19.6 Å². The van der Waals surface area contributed by atoms with Crippen LogP contribution in [0.1, 0.15) is 34.1 Å². The first-order valence-electron chi connectivity index (χ1n) is 7.42. The van der Waals surface area contributed by atoms with Crippen LogP contribution in [0, 0.1) is 11.3 Å². The van der Waals surface area contributed by atoms with Crippen LogP contribution in [0.3, 0.4) is 0 Å². The summed E-state index contributed by atoms with van der Waals surface area (Å²) >= 11 is 0. The van der Waals surface area contributed by atoms with Gasteiger partial charge in [-0.1, -0.05) is 26.8 Å². The summed E-state index contributed by atoms with van der Waals surface area (Å²) in [6.07, 6.45) is 1.27. The minimum Gasteiger partial charge on any atom is -0.467 e. The van der Waals surface area contributed by atoms with Gasteiger partial charge in [0.2, 0.25) is 5.91 Å². The first kappa shape index (κ1) is 17.0. The van der Waals surface area contributed by atoms with Crippen LogP contribution in [-0.2, 0) is 19.1 Å². The van der Waals surface area contributed by atoms with Crippen LogP contribution >= 0.6 is 0 Å². The Kier molecular flexibility index (Phi) is 3.90. The fourth-order valence-electron chi connectivity index (χ4n) is 3.60. The lowest BCUT2D eigenvalue weighted by molar-refractivity contribution is -0.167. The van der Waals surface area contributed by atoms with E-state index < -0.39 is 34.7 Å². The van der Waals surface area contributed by atoms with E-state index in [1.807, 2.05) is 20.8 Å². The second-order valence-electron chi connectivity index (χ2n) is 7.31. The second kappa shape index (κ2) is 5.06. The highest BCUT2D eigenvalue weighted by atomic mass is 16.6. The van der Waals surface area contributed by atoms with Crippen molar-refractivity contribution in [3.05, 3.63) is 12.7 Å². The van der Waals surface area contributed by atoms with Crippen LogP contribution in [0.25, 0.3) is 0 Å². The van der Waals surface area contributed by atoms with Gasteiger partial charge in [-0.05, 0) is 13.3 Å². The molecule has 0 aliphatic carbocycles. The summed E-state index contributed by atoms with van der Waals surface area (Å²) in [5, 5.41) is 11.1. The number of allylic oxidation sites excluding steroid dienone is 1.